The van der Waals surface area contributed by atoms with Crippen molar-refractivity contribution in [2.45, 2.75) is 13.3 Å². The molecule has 3 rings (SSSR count). The number of carbonyl (C=O) groups is 1. The first-order valence-electron chi connectivity index (χ1n) is 8.55. The number of ether oxygens (including phenoxy) is 2. The molecule has 1 N–H and O–H groups in total. The molecule has 0 spiro atoms. The van der Waals surface area contributed by atoms with E-state index >= 15 is 0 Å². The predicted octanol–water partition coefficient (Wildman–Crippen LogP) is 1.30. The Morgan fingerprint density at radius 2 is 1.93 bits per heavy atom. The number of nitrogens with one attached hydrogen (secondary N) is 1. The van der Waals surface area contributed by atoms with Gasteiger partial charge in [0, 0.05) is 31.3 Å². The molecular formula is C17H21N5O5. The van der Waals surface area contributed by atoms with Crippen LogP contribution in [0.5, 0.6) is 11.8 Å². The topological polar surface area (TPSA) is 120 Å². The van der Waals surface area contributed by atoms with Gasteiger partial charge < -0.3 is 19.7 Å². The summed E-state index contributed by atoms with van der Waals surface area (Å²) in [6, 6.07) is 1.31. The summed E-state index contributed by atoms with van der Waals surface area (Å²) in [4.78, 5) is 34.6. The predicted molar refractivity (Wildman–Crippen MR) is 97.4 cm³/mol. The molecule has 0 saturated carbocycles. The standard InChI is InChI=1S/C17H21N5O5/c1-10-12(22(24)25)9-11-14(20-16(27-3)15(19-11)26-2)13(10)17(23)21-7-4-5-18-6-8-21/h9,18H,4-8H2,1-3H3. The number of nitrogens with zero attached hydrogens (tertiary/aromatic N) is 4. The van der Waals surface area contributed by atoms with Crippen molar-refractivity contribution < 1.29 is 19.2 Å². The van der Waals surface area contributed by atoms with E-state index in [1.165, 1.54) is 20.3 Å². The smallest absolute Gasteiger partial charge is 0.278 e. The third kappa shape index (κ3) is 3.47. The van der Waals surface area contributed by atoms with E-state index in [0.717, 1.165) is 13.0 Å². The lowest BCUT2D eigenvalue weighted by Gasteiger charge is -2.22. The van der Waals surface area contributed by atoms with Crippen molar-refractivity contribution in [3.8, 4) is 11.8 Å². The van der Waals surface area contributed by atoms with Gasteiger partial charge in [-0.05, 0) is 19.9 Å². The molecule has 1 aliphatic rings. The molecule has 1 aromatic heterocycles. The first-order valence-corrected chi connectivity index (χ1v) is 8.55. The number of methoxy groups -OCH3 is 2. The van der Waals surface area contributed by atoms with Gasteiger partial charge in [-0.25, -0.2) is 9.97 Å². The Bertz CT molecular complexity index is 893. The van der Waals surface area contributed by atoms with Crippen LogP contribution in [0, 0.1) is 17.0 Å². The number of nitro groups is 1. The number of benzene rings is 1. The third-order valence-electron chi connectivity index (χ3n) is 4.55. The van der Waals surface area contributed by atoms with Crippen molar-refractivity contribution in [1.82, 2.24) is 20.2 Å². The molecule has 0 bridgehead atoms. The van der Waals surface area contributed by atoms with Gasteiger partial charge in [0.25, 0.3) is 23.4 Å². The Morgan fingerprint density at radius 3 is 2.59 bits per heavy atom. The zero-order chi connectivity index (χ0) is 19.6. The van der Waals surface area contributed by atoms with Crippen LogP contribution in [0.25, 0.3) is 11.0 Å². The average Bonchev–Trinajstić information content (AvgIpc) is 2.95. The second-order valence-corrected chi connectivity index (χ2v) is 6.16. The zero-order valence-electron chi connectivity index (χ0n) is 15.4. The Hall–Kier alpha value is -3.01. The summed E-state index contributed by atoms with van der Waals surface area (Å²) < 4.78 is 10.3. The molecule has 10 nitrogen and oxygen atoms in total. The maximum Gasteiger partial charge on any atom is 0.278 e. The van der Waals surface area contributed by atoms with Gasteiger partial charge in [0.2, 0.25) is 0 Å². The van der Waals surface area contributed by atoms with Gasteiger partial charge in [-0.3, -0.25) is 14.9 Å². The lowest BCUT2D eigenvalue weighted by atomic mass is 10.0. The fourth-order valence-corrected chi connectivity index (χ4v) is 3.17. The number of hydrogen-bond donors (Lipinski definition) is 1. The Balaban J connectivity index is 2.25. The van der Waals surface area contributed by atoms with E-state index in [1.54, 1.807) is 11.8 Å². The zero-order valence-corrected chi connectivity index (χ0v) is 15.4. The molecule has 1 aromatic carbocycles. The van der Waals surface area contributed by atoms with E-state index in [2.05, 4.69) is 15.3 Å². The lowest BCUT2D eigenvalue weighted by molar-refractivity contribution is -0.385. The summed E-state index contributed by atoms with van der Waals surface area (Å²) in [5.41, 5.74) is 0.727. The minimum Gasteiger partial charge on any atom is -0.477 e. The summed E-state index contributed by atoms with van der Waals surface area (Å²) in [5.74, 6) is -0.0863. The first-order chi connectivity index (χ1) is 13.0. The van der Waals surface area contributed by atoms with Crippen molar-refractivity contribution in [2.75, 3.05) is 40.4 Å². The number of carbonyl (C=O) groups excluding carboxylic acids is 1. The van der Waals surface area contributed by atoms with Gasteiger partial charge >= 0.3 is 0 Å². The summed E-state index contributed by atoms with van der Waals surface area (Å²) in [6.45, 7) is 4.13. The van der Waals surface area contributed by atoms with E-state index < -0.39 is 4.92 Å². The summed E-state index contributed by atoms with van der Waals surface area (Å²) in [7, 11) is 2.82. The molecule has 1 amide bonds. The second-order valence-electron chi connectivity index (χ2n) is 6.16. The Morgan fingerprint density at radius 1 is 1.22 bits per heavy atom. The van der Waals surface area contributed by atoms with Crippen molar-refractivity contribution in [3.05, 3.63) is 27.3 Å². The van der Waals surface area contributed by atoms with Crippen LogP contribution >= 0.6 is 0 Å². The highest BCUT2D eigenvalue weighted by molar-refractivity contribution is 6.07. The number of hydrogen-bond acceptors (Lipinski definition) is 8. The highest BCUT2D eigenvalue weighted by Gasteiger charge is 2.29. The molecule has 0 unspecified atom stereocenters. The van der Waals surface area contributed by atoms with Crippen LogP contribution in [0.4, 0.5) is 5.69 Å². The molecule has 2 heterocycles. The molecular weight excluding hydrogens is 354 g/mol. The molecule has 1 saturated heterocycles. The van der Waals surface area contributed by atoms with Crippen molar-refractivity contribution >= 4 is 22.6 Å². The number of rotatable bonds is 4. The van der Waals surface area contributed by atoms with Crippen LogP contribution in [0.3, 0.4) is 0 Å². The molecule has 0 radical (unpaired) electrons. The van der Waals surface area contributed by atoms with E-state index in [9.17, 15) is 14.9 Å². The van der Waals surface area contributed by atoms with Gasteiger partial charge in [-0.1, -0.05) is 0 Å². The normalized spacial score (nSPS) is 14.7. The molecule has 27 heavy (non-hydrogen) atoms. The van der Waals surface area contributed by atoms with Crippen molar-refractivity contribution in [2.24, 2.45) is 0 Å². The van der Waals surface area contributed by atoms with Gasteiger partial charge in [0.05, 0.1) is 24.7 Å². The van der Waals surface area contributed by atoms with Crippen LogP contribution < -0.4 is 14.8 Å². The number of aromatic nitrogens is 2. The van der Waals surface area contributed by atoms with Crippen LogP contribution in [0.15, 0.2) is 6.07 Å². The molecule has 0 aliphatic carbocycles. The molecule has 2 aromatic rings. The van der Waals surface area contributed by atoms with Gasteiger partial charge in [-0.15, -0.1) is 0 Å². The lowest BCUT2D eigenvalue weighted by Crippen LogP contribution is -2.35. The minimum absolute atomic E-state index is 0.0977. The largest absolute Gasteiger partial charge is 0.477 e. The van der Waals surface area contributed by atoms with Gasteiger partial charge in [-0.2, -0.15) is 0 Å². The average molecular weight is 375 g/mol. The van der Waals surface area contributed by atoms with E-state index in [4.69, 9.17) is 9.47 Å². The molecule has 0 atom stereocenters. The van der Waals surface area contributed by atoms with Crippen LogP contribution in [0.1, 0.15) is 22.3 Å². The van der Waals surface area contributed by atoms with Crippen molar-refractivity contribution in [1.29, 1.82) is 0 Å². The number of amides is 1. The summed E-state index contributed by atoms with van der Waals surface area (Å²) in [6.07, 6.45) is 0.806. The van der Waals surface area contributed by atoms with Crippen LogP contribution in [0.2, 0.25) is 0 Å². The van der Waals surface area contributed by atoms with E-state index in [0.29, 0.717) is 19.6 Å². The van der Waals surface area contributed by atoms with Crippen LogP contribution in [-0.2, 0) is 0 Å². The molecule has 1 fully saturated rings. The fourth-order valence-electron chi connectivity index (χ4n) is 3.17. The van der Waals surface area contributed by atoms with E-state index in [-0.39, 0.29) is 45.5 Å². The summed E-state index contributed by atoms with van der Waals surface area (Å²) >= 11 is 0. The molecule has 1 aliphatic heterocycles. The highest BCUT2D eigenvalue weighted by Crippen LogP contribution is 2.33. The SMILES string of the molecule is COc1nc2cc([N+](=O)[O-])c(C)c(C(=O)N3CCCNCC3)c2nc1OC. The summed E-state index contributed by atoms with van der Waals surface area (Å²) in [5, 5.41) is 14.7. The van der Waals surface area contributed by atoms with E-state index in [1.807, 2.05) is 0 Å². The Labute approximate surface area is 155 Å². The third-order valence-corrected chi connectivity index (χ3v) is 4.55. The van der Waals surface area contributed by atoms with Gasteiger partial charge in [0.15, 0.2) is 0 Å². The highest BCUT2D eigenvalue weighted by atomic mass is 16.6. The molecule has 144 valence electrons. The van der Waals surface area contributed by atoms with Crippen molar-refractivity contribution in [3.63, 3.8) is 0 Å². The van der Waals surface area contributed by atoms with Crippen LogP contribution in [-0.4, -0.2) is 66.1 Å². The maximum absolute atomic E-state index is 13.3. The monoisotopic (exact) mass is 375 g/mol. The minimum atomic E-state index is -0.520. The first kappa shape index (κ1) is 18.8. The maximum atomic E-state index is 13.3. The number of fused-ring (bicyclic) bond motifs is 1. The second kappa shape index (κ2) is 7.70. The Kier molecular flexibility index (Phi) is 5.36. The quantitative estimate of drug-likeness (QED) is 0.627. The molecule has 10 heteroatoms. The van der Waals surface area contributed by atoms with Gasteiger partial charge in [0.1, 0.15) is 11.0 Å². The number of nitro benzene ring substituents is 1. The fraction of sp³-hybridized carbons (Fsp3) is 0.471.